The zero-order chi connectivity index (χ0) is 19.8. The summed E-state index contributed by atoms with van der Waals surface area (Å²) in [5, 5.41) is 0. The number of hydrogen-bond donors (Lipinski definition) is 2. The van der Waals surface area contributed by atoms with E-state index in [1.807, 2.05) is 0 Å². The van der Waals surface area contributed by atoms with Gasteiger partial charge in [0.15, 0.2) is 6.61 Å². The molecule has 2 rings (SSSR count). The average molecular weight is 437 g/mol. The van der Waals surface area contributed by atoms with Crippen LogP contribution in [0.4, 0.5) is 0 Å². The molecule has 2 N–H and O–H groups in total. The summed E-state index contributed by atoms with van der Waals surface area (Å²) >= 11 is 3.26. The predicted octanol–water partition coefficient (Wildman–Crippen LogP) is 2.08. The van der Waals surface area contributed by atoms with Gasteiger partial charge >= 0.3 is 5.97 Å². The van der Waals surface area contributed by atoms with E-state index in [1.165, 1.54) is 26.4 Å². The van der Waals surface area contributed by atoms with Crippen molar-refractivity contribution < 1.29 is 28.6 Å². The number of hydrogen-bond acceptors (Lipinski definition) is 6. The minimum absolute atomic E-state index is 0.165. The first-order valence-electron chi connectivity index (χ1n) is 7.68. The number of carbonyl (C=O) groups is 3. The molecule has 0 aliphatic rings. The molecule has 142 valence electrons. The van der Waals surface area contributed by atoms with E-state index >= 15 is 0 Å². The molecule has 2 amide bonds. The number of benzene rings is 2. The summed E-state index contributed by atoms with van der Waals surface area (Å²) in [5.41, 5.74) is 4.93. The van der Waals surface area contributed by atoms with E-state index in [-0.39, 0.29) is 5.56 Å². The molecule has 27 heavy (non-hydrogen) atoms. The highest BCUT2D eigenvalue weighted by Crippen LogP contribution is 2.22. The number of halogens is 1. The van der Waals surface area contributed by atoms with Crippen LogP contribution >= 0.6 is 15.9 Å². The highest BCUT2D eigenvalue weighted by Gasteiger charge is 2.14. The summed E-state index contributed by atoms with van der Waals surface area (Å²) in [6.45, 7) is -0.570. The molecule has 2 aromatic carbocycles. The van der Waals surface area contributed by atoms with Crippen molar-refractivity contribution in [1.82, 2.24) is 10.9 Å². The maximum atomic E-state index is 12.1. The highest BCUT2D eigenvalue weighted by molar-refractivity contribution is 9.10. The molecule has 0 saturated carbocycles. The van der Waals surface area contributed by atoms with Crippen molar-refractivity contribution in [1.29, 1.82) is 0 Å². The molecule has 9 heteroatoms. The van der Waals surface area contributed by atoms with Gasteiger partial charge in [-0.05, 0) is 36.4 Å². The van der Waals surface area contributed by atoms with Crippen LogP contribution in [-0.2, 0) is 9.53 Å². The van der Waals surface area contributed by atoms with Crippen LogP contribution in [0.25, 0.3) is 0 Å². The second kappa shape index (κ2) is 9.58. The molecule has 0 heterocycles. The third-order valence-corrected chi connectivity index (χ3v) is 3.87. The fourth-order valence-corrected chi connectivity index (χ4v) is 2.24. The average Bonchev–Trinajstić information content (AvgIpc) is 2.70. The SMILES string of the molecule is COc1cc(OC)cc(C(=O)OCC(=O)NNC(=O)c2ccc(Br)cc2)c1. The number of hydrazine groups is 1. The van der Waals surface area contributed by atoms with E-state index in [9.17, 15) is 14.4 Å². The Morgan fingerprint density at radius 1 is 0.889 bits per heavy atom. The largest absolute Gasteiger partial charge is 0.497 e. The highest BCUT2D eigenvalue weighted by atomic mass is 79.9. The first-order valence-corrected chi connectivity index (χ1v) is 8.47. The van der Waals surface area contributed by atoms with Crippen molar-refractivity contribution >= 4 is 33.7 Å². The van der Waals surface area contributed by atoms with Crippen LogP contribution in [0.2, 0.25) is 0 Å². The Morgan fingerprint density at radius 3 is 2.04 bits per heavy atom. The molecule has 8 nitrogen and oxygen atoms in total. The van der Waals surface area contributed by atoms with Gasteiger partial charge in [-0.3, -0.25) is 20.4 Å². The lowest BCUT2D eigenvalue weighted by molar-refractivity contribution is -0.125. The number of ether oxygens (including phenoxy) is 3. The summed E-state index contributed by atoms with van der Waals surface area (Å²) in [6, 6.07) is 11.1. The van der Waals surface area contributed by atoms with Gasteiger partial charge in [0.2, 0.25) is 0 Å². The lowest BCUT2D eigenvalue weighted by Crippen LogP contribution is -2.43. The molecule has 0 unspecified atom stereocenters. The van der Waals surface area contributed by atoms with Crippen molar-refractivity contribution in [2.24, 2.45) is 0 Å². The lowest BCUT2D eigenvalue weighted by atomic mass is 10.2. The zero-order valence-corrected chi connectivity index (χ0v) is 16.2. The Hall–Kier alpha value is -3.07. The Bertz CT molecular complexity index is 816. The molecule has 0 saturated heterocycles. The number of amides is 2. The van der Waals surface area contributed by atoms with Gasteiger partial charge in [-0.1, -0.05) is 15.9 Å². The summed E-state index contributed by atoms with van der Waals surface area (Å²) in [6.07, 6.45) is 0. The minimum atomic E-state index is -0.735. The van der Waals surface area contributed by atoms with Crippen LogP contribution in [0.5, 0.6) is 11.5 Å². The Morgan fingerprint density at radius 2 is 1.48 bits per heavy atom. The maximum Gasteiger partial charge on any atom is 0.338 e. The Labute approximate surface area is 163 Å². The smallest absolute Gasteiger partial charge is 0.338 e. The molecule has 0 fully saturated rings. The predicted molar refractivity (Wildman–Crippen MR) is 99.6 cm³/mol. The first-order chi connectivity index (χ1) is 12.9. The molecular formula is C18H17BrN2O6. The molecule has 0 aromatic heterocycles. The van der Waals surface area contributed by atoms with Crippen molar-refractivity contribution in [3.05, 3.63) is 58.1 Å². The van der Waals surface area contributed by atoms with E-state index in [1.54, 1.807) is 30.3 Å². The van der Waals surface area contributed by atoms with Gasteiger partial charge < -0.3 is 14.2 Å². The van der Waals surface area contributed by atoms with Gasteiger partial charge in [0, 0.05) is 16.1 Å². The fraction of sp³-hybridized carbons (Fsp3) is 0.167. The Kier molecular flexibility index (Phi) is 7.18. The molecule has 2 aromatic rings. The van der Waals surface area contributed by atoms with Crippen molar-refractivity contribution in [3.8, 4) is 11.5 Å². The quantitative estimate of drug-likeness (QED) is 0.530. The molecule has 0 bridgehead atoms. The van der Waals surface area contributed by atoms with E-state index < -0.39 is 24.4 Å². The number of esters is 1. The van der Waals surface area contributed by atoms with Gasteiger partial charge in [-0.15, -0.1) is 0 Å². The number of carbonyl (C=O) groups excluding carboxylic acids is 3. The minimum Gasteiger partial charge on any atom is -0.497 e. The van der Waals surface area contributed by atoms with Crippen LogP contribution < -0.4 is 20.3 Å². The van der Waals surface area contributed by atoms with E-state index in [0.717, 1.165) is 4.47 Å². The van der Waals surface area contributed by atoms with E-state index in [2.05, 4.69) is 26.8 Å². The van der Waals surface area contributed by atoms with Gasteiger partial charge in [0.1, 0.15) is 11.5 Å². The monoisotopic (exact) mass is 436 g/mol. The van der Waals surface area contributed by atoms with Crippen molar-refractivity contribution in [2.75, 3.05) is 20.8 Å². The van der Waals surface area contributed by atoms with Crippen LogP contribution in [0.1, 0.15) is 20.7 Å². The number of methoxy groups -OCH3 is 2. The van der Waals surface area contributed by atoms with E-state index in [4.69, 9.17) is 14.2 Å². The molecular weight excluding hydrogens is 420 g/mol. The van der Waals surface area contributed by atoms with E-state index in [0.29, 0.717) is 17.1 Å². The summed E-state index contributed by atoms with van der Waals surface area (Å²) < 4.78 is 15.9. The number of rotatable bonds is 6. The lowest BCUT2D eigenvalue weighted by Gasteiger charge is -2.10. The second-order valence-electron chi connectivity index (χ2n) is 5.19. The van der Waals surface area contributed by atoms with Crippen LogP contribution in [0.3, 0.4) is 0 Å². The van der Waals surface area contributed by atoms with Gasteiger partial charge in [-0.25, -0.2) is 4.79 Å². The summed E-state index contributed by atoms with van der Waals surface area (Å²) in [7, 11) is 2.90. The van der Waals surface area contributed by atoms with Crippen LogP contribution in [0.15, 0.2) is 46.9 Å². The van der Waals surface area contributed by atoms with Gasteiger partial charge in [0.25, 0.3) is 11.8 Å². The van der Waals surface area contributed by atoms with Crippen LogP contribution in [0, 0.1) is 0 Å². The maximum absolute atomic E-state index is 12.1. The molecule has 0 spiro atoms. The zero-order valence-electron chi connectivity index (χ0n) is 14.6. The normalized spacial score (nSPS) is 9.89. The second-order valence-corrected chi connectivity index (χ2v) is 6.10. The van der Waals surface area contributed by atoms with Gasteiger partial charge in [-0.2, -0.15) is 0 Å². The molecule has 0 aliphatic carbocycles. The Balaban J connectivity index is 1.85. The standard InChI is InChI=1S/C18H17BrN2O6/c1-25-14-7-12(8-15(9-14)26-2)18(24)27-10-16(22)20-21-17(23)11-3-5-13(19)6-4-11/h3-9H,10H2,1-2H3,(H,20,22)(H,21,23). The third kappa shape index (κ3) is 6.00. The first kappa shape index (κ1) is 20.2. The molecule has 0 radical (unpaired) electrons. The number of nitrogens with one attached hydrogen (secondary N) is 2. The van der Waals surface area contributed by atoms with Gasteiger partial charge in [0.05, 0.1) is 19.8 Å². The summed E-state index contributed by atoms with van der Waals surface area (Å²) in [4.78, 5) is 35.7. The molecule has 0 aliphatic heterocycles. The van der Waals surface area contributed by atoms with Crippen molar-refractivity contribution in [3.63, 3.8) is 0 Å². The van der Waals surface area contributed by atoms with Crippen molar-refractivity contribution in [2.45, 2.75) is 0 Å². The summed E-state index contributed by atoms with van der Waals surface area (Å²) in [5.74, 6) is -1.11. The van der Waals surface area contributed by atoms with Crippen LogP contribution in [-0.4, -0.2) is 38.6 Å². The fourth-order valence-electron chi connectivity index (χ4n) is 1.98. The third-order valence-electron chi connectivity index (χ3n) is 3.34. The molecule has 0 atom stereocenters. The topological polar surface area (TPSA) is 103 Å².